The lowest BCUT2D eigenvalue weighted by Gasteiger charge is -2.38. The number of fused-ring (bicyclic) bond motifs is 1. The van der Waals surface area contributed by atoms with Gasteiger partial charge in [-0.15, -0.1) is 0 Å². The first kappa shape index (κ1) is 25.5. The number of aromatic nitrogens is 3. The minimum atomic E-state index is -0.867. The molecule has 174 valence electrons. The number of carbonyl (C=O) groups is 1. The van der Waals surface area contributed by atoms with Gasteiger partial charge in [0.2, 0.25) is 0 Å². The lowest BCUT2D eigenvalue weighted by Crippen LogP contribution is -2.39. The van der Waals surface area contributed by atoms with E-state index in [4.69, 9.17) is 0 Å². The van der Waals surface area contributed by atoms with Gasteiger partial charge in [0.05, 0.1) is 11.8 Å². The van der Waals surface area contributed by atoms with Crippen LogP contribution in [0.1, 0.15) is 84.5 Å². The third-order valence-corrected chi connectivity index (χ3v) is 6.34. The van der Waals surface area contributed by atoms with E-state index in [2.05, 4.69) is 49.7 Å². The van der Waals surface area contributed by atoms with Crippen molar-refractivity contribution in [2.45, 2.75) is 79.8 Å². The molecule has 0 aliphatic rings. The second-order valence-corrected chi connectivity index (χ2v) is 9.59. The van der Waals surface area contributed by atoms with Crippen molar-refractivity contribution in [2.24, 2.45) is 5.41 Å². The molecule has 0 aromatic carbocycles. The van der Waals surface area contributed by atoms with Crippen molar-refractivity contribution in [3.63, 3.8) is 0 Å². The standard InChI is InChI=1S/C26H38N4O2/c1-9-12-19(4)22(15-20(18(3)10-2)16-25(5,6)26(7,8)32)29-24(31)21-17-28-30-14-11-13-27-23(21)30/h11,13-15,17,32H,3,9-10,12,16H2,1-2,4-8H3,(H,29,31)/b20-15-,22-19+. The lowest BCUT2D eigenvalue weighted by molar-refractivity contribution is -0.0341. The van der Waals surface area contributed by atoms with Crippen LogP contribution in [0.25, 0.3) is 5.65 Å². The first-order valence-electron chi connectivity index (χ1n) is 11.3. The third-order valence-electron chi connectivity index (χ3n) is 6.34. The number of hydrogen-bond acceptors (Lipinski definition) is 4. The van der Waals surface area contributed by atoms with Gasteiger partial charge in [0.25, 0.3) is 5.91 Å². The smallest absolute Gasteiger partial charge is 0.261 e. The molecule has 0 aliphatic heterocycles. The maximum Gasteiger partial charge on any atom is 0.261 e. The molecule has 2 aromatic rings. The zero-order valence-electron chi connectivity index (χ0n) is 20.6. The minimum absolute atomic E-state index is 0.247. The van der Waals surface area contributed by atoms with Crippen molar-refractivity contribution in [3.8, 4) is 0 Å². The highest BCUT2D eigenvalue weighted by atomic mass is 16.3. The largest absolute Gasteiger partial charge is 0.390 e. The van der Waals surface area contributed by atoms with Crippen LogP contribution in [0.15, 0.2) is 59.7 Å². The second kappa shape index (κ2) is 10.3. The van der Waals surface area contributed by atoms with Crippen molar-refractivity contribution < 1.29 is 9.90 Å². The number of aliphatic hydroxyl groups is 1. The molecule has 0 unspecified atom stereocenters. The van der Waals surface area contributed by atoms with Gasteiger partial charge in [-0.1, -0.05) is 46.3 Å². The van der Waals surface area contributed by atoms with Gasteiger partial charge >= 0.3 is 0 Å². The summed E-state index contributed by atoms with van der Waals surface area (Å²) in [7, 11) is 0. The first-order chi connectivity index (χ1) is 14.9. The number of nitrogens with one attached hydrogen (secondary N) is 1. The average molecular weight is 439 g/mol. The summed E-state index contributed by atoms with van der Waals surface area (Å²) < 4.78 is 1.59. The van der Waals surface area contributed by atoms with E-state index in [0.29, 0.717) is 17.6 Å². The van der Waals surface area contributed by atoms with Crippen LogP contribution >= 0.6 is 0 Å². The zero-order valence-corrected chi connectivity index (χ0v) is 20.6. The Morgan fingerprint density at radius 3 is 2.56 bits per heavy atom. The number of hydrogen-bond donors (Lipinski definition) is 2. The van der Waals surface area contributed by atoms with Gasteiger partial charge in [0.15, 0.2) is 5.65 Å². The highest BCUT2D eigenvalue weighted by molar-refractivity contribution is 6.00. The molecule has 2 N–H and O–H groups in total. The molecule has 0 radical (unpaired) electrons. The Balaban J connectivity index is 2.48. The summed E-state index contributed by atoms with van der Waals surface area (Å²) in [6.45, 7) is 18.2. The number of carbonyl (C=O) groups excluding carboxylic acids is 1. The molecule has 0 aliphatic carbocycles. The topological polar surface area (TPSA) is 79.5 Å². The summed E-state index contributed by atoms with van der Waals surface area (Å²) in [4.78, 5) is 17.5. The fourth-order valence-electron chi connectivity index (χ4n) is 3.32. The van der Waals surface area contributed by atoms with Gasteiger partial charge in [-0.25, -0.2) is 9.50 Å². The predicted molar refractivity (Wildman–Crippen MR) is 130 cm³/mol. The van der Waals surface area contributed by atoms with E-state index >= 15 is 0 Å². The monoisotopic (exact) mass is 438 g/mol. The molecular formula is C26H38N4O2. The van der Waals surface area contributed by atoms with E-state index in [0.717, 1.165) is 41.7 Å². The summed E-state index contributed by atoms with van der Waals surface area (Å²) in [6, 6.07) is 1.77. The minimum Gasteiger partial charge on any atom is -0.390 e. The zero-order chi connectivity index (χ0) is 24.1. The number of nitrogens with zero attached hydrogens (tertiary/aromatic N) is 3. The van der Waals surface area contributed by atoms with E-state index in [1.165, 1.54) is 6.20 Å². The Morgan fingerprint density at radius 1 is 1.28 bits per heavy atom. The molecular weight excluding hydrogens is 400 g/mol. The molecule has 6 nitrogen and oxygen atoms in total. The highest BCUT2D eigenvalue weighted by Crippen LogP contribution is 2.39. The van der Waals surface area contributed by atoms with Gasteiger partial charge < -0.3 is 10.4 Å². The van der Waals surface area contributed by atoms with Crippen LogP contribution in [0, 0.1) is 5.41 Å². The molecule has 0 atom stereocenters. The van der Waals surface area contributed by atoms with Crippen LogP contribution < -0.4 is 5.32 Å². The van der Waals surface area contributed by atoms with Gasteiger partial charge in [-0.2, -0.15) is 5.10 Å². The molecule has 0 saturated heterocycles. The van der Waals surface area contributed by atoms with Crippen LogP contribution in [0.3, 0.4) is 0 Å². The van der Waals surface area contributed by atoms with Crippen LogP contribution in [0.5, 0.6) is 0 Å². The number of allylic oxidation sites excluding steroid dienone is 4. The second-order valence-electron chi connectivity index (χ2n) is 9.59. The van der Waals surface area contributed by atoms with Crippen molar-refractivity contribution in [2.75, 3.05) is 0 Å². The summed E-state index contributed by atoms with van der Waals surface area (Å²) in [6.07, 6.45) is 10.2. The molecule has 6 heteroatoms. The summed E-state index contributed by atoms with van der Waals surface area (Å²) >= 11 is 0. The number of rotatable bonds is 10. The molecule has 2 aromatic heterocycles. The van der Waals surface area contributed by atoms with Gasteiger partial charge in [0.1, 0.15) is 5.56 Å². The molecule has 32 heavy (non-hydrogen) atoms. The van der Waals surface area contributed by atoms with E-state index in [1.54, 1.807) is 23.0 Å². The maximum absolute atomic E-state index is 13.2. The number of amides is 1. The van der Waals surface area contributed by atoms with Crippen molar-refractivity contribution in [1.29, 1.82) is 0 Å². The fraction of sp³-hybridized carbons (Fsp3) is 0.500. The first-order valence-corrected chi connectivity index (χ1v) is 11.3. The predicted octanol–water partition coefficient (Wildman–Crippen LogP) is 5.61. The van der Waals surface area contributed by atoms with Crippen molar-refractivity contribution >= 4 is 11.6 Å². The summed E-state index contributed by atoms with van der Waals surface area (Å²) in [5.74, 6) is -0.247. The molecule has 0 saturated carbocycles. The Hall–Kier alpha value is -2.73. The van der Waals surface area contributed by atoms with Crippen LogP contribution in [0.2, 0.25) is 0 Å². The third kappa shape index (κ3) is 5.94. The van der Waals surface area contributed by atoms with E-state index < -0.39 is 5.60 Å². The normalized spacial score (nSPS) is 13.8. The molecule has 0 fully saturated rings. The van der Waals surface area contributed by atoms with Crippen molar-refractivity contribution in [3.05, 3.63) is 65.3 Å². The molecule has 2 rings (SSSR count). The molecule has 2 heterocycles. The Bertz CT molecular complexity index is 1040. The Labute approximate surface area is 192 Å². The highest BCUT2D eigenvalue weighted by Gasteiger charge is 2.35. The molecule has 1 amide bonds. The van der Waals surface area contributed by atoms with Gasteiger partial charge in [-0.05, 0) is 68.7 Å². The fourth-order valence-corrected chi connectivity index (χ4v) is 3.32. The SMILES string of the molecule is C=C(CC)/C(=C\C(NC(=O)c1cnn2cccnc12)=C(\C)CCC)CC(C)(C)C(C)(C)O. The summed E-state index contributed by atoms with van der Waals surface area (Å²) in [5, 5.41) is 18.0. The van der Waals surface area contributed by atoms with Gasteiger partial charge in [-0.3, -0.25) is 4.79 Å². The van der Waals surface area contributed by atoms with Crippen LogP contribution in [-0.2, 0) is 0 Å². The van der Waals surface area contributed by atoms with E-state index in [-0.39, 0.29) is 11.3 Å². The quantitative estimate of drug-likeness (QED) is 0.472. The molecule has 0 bridgehead atoms. The van der Waals surface area contributed by atoms with Crippen molar-refractivity contribution in [1.82, 2.24) is 19.9 Å². The summed E-state index contributed by atoms with van der Waals surface area (Å²) in [5.41, 5.74) is 3.58. The Morgan fingerprint density at radius 2 is 1.97 bits per heavy atom. The Kier molecular flexibility index (Phi) is 8.18. The van der Waals surface area contributed by atoms with Gasteiger partial charge in [0, 0.05) is 18.1 Å². The van der Waals surface area contributed by atoms with Crippen LogP contribution in [0.4, 0.5) is 0 Å². The molecule has 0 spiro atoms. The van der Waals surface area contributed by atoms with E-state index in [1.807, 2.05) is 26.8 Å². The lowest BCUT2D eigenvalue weighted by atomic mass is 9.71. The maximum atomic E-state index is 13.2. The van der Waals surface area contributed by atoms with Crippen LogP contribution in [-0.4, -0.2) is 31.2 Å². The average Bonchev–Trinajstić information content (AvgIpc) is 3.15. The van der Waals surface area contributed by atoms with E-state index in [9.17, 15) is 9.90 Å².